The maximum Gasteiger partial charge on any atom is 0.210 e. The molecule has 1 aromatic heterocycles. The molecule has 0 N–H and O–H groups in total. The number of rotatable bonds is 6. The van der Waals surface area contributed by atoms with Gasteiger partial charge in [0.2, 0.25) is 5.16 Å². The summed E-state index contributed by atoms with van der Waals surface area (Å²) in [6.07, 6.45) is 0. The maximum atomic E-state index is 12.6. The summed E-state index contributed by atoms with van der Waals surface area (Å²) in [4.78, 5) is 17.3. The zero-order chi connectivity index (χ0) is 20.1. The van der Waals surface area contributed by atoms with Gasteiger partial charge >= 0.3 is 0 Å². The van der Waals surface area contributed by atoms with Crippen LogP contribution in [-0.4, -0.2) is 26.7 Å². The number of benzene rings is 3. The molecule has 0 radical (unpaired) electrons. The largest absolute Gasteiger partial charge is 0.293 e. The molecule has 6 heteroatoms. The highest BCUT2D eigenvalue weighted by molar-refractivity contribution is 9.10. The van der Waals surface area contributed by atoms with Crippen LogP contribution < -0.4 is 0 Å². The van der Waals surface area contributed by atoms with E-state index >= 15 is 0 Å². The maximum absolute atomic E-state index is 12.6. The Bertz CT molecular complexity index is 1140. The molecule has 0 unspecified atom stereocenters. The van der Waals surface area contributed by atoms with E-state index in [1.165, 1.54) is 11.8 Å². The molecule has 3 aromatic carbocycles. The lowest BCUT2D eigenvalue weighted by Crippen LogP contribution is -2.05. The van der Waals surface area contributed by atoms with Gasteiger partial charge in [-0.1, -0.05) is 107 Å². The molecule has 4 nitrogen and oxygen atoms in total. The van der Waals surface area contributed by atoms with Crippen LogP contribution in [0, 0.1) is 0 Å². The first-order valence-electron chi connectivity index (χ1n) is 8.98. The summed E-state index contributed by atoms with van der Waals surface area (Å²) >= 11 is 4.72. The fourth-order valence-electron chi connectivity index (χ4n) is 2.86. The van der Waals surface area contributed by atoms with E-state index in [0.717, 1.165) is 27.0 Å². The average molecular weight is 462 g/mol. The van der Waals surface area contributed by atoms with Crippen molar-refractivity contribution in [2.45, 2.75) is 5.16 Å². The Balaban J connectivity index is 1.64. The highest BCUT2D eigenvalue weighted by Crippen LogP contribution is 2.30. The highest BCUT2D eigenvalue weighted by atomic mass is 79.9. The number of aromatic nitrogens is 3. The lowest BCUT2D eigenvalue weighted by molar-refractivity contribution is 0.102. The Morgan fingerprint density at radius 3 is 2.00 bits per heavy atom. The Morgan fingerprint density at radius 2 is 1.34 bits per heavy atom. The second-order valence-corrected chi connectivity index (χ2v) is 8.01. The van der Waals surface area contributed by atoms with Crippen molar-refractivity contribution in [1.29, 1.82) is 0 Å². The molecule has 0 amide bonds. The molecule has 0 aliphatic rings. The zero-order valence-corrected chi connectivity index (χ0v) is 17.7. The fraction of sp³-hybridized carbons (Fsp3) is 0.0435. The summed E-state index contributed by atoms with van der Waals surface area (Å²) in [6.45, 7) is 0. The third kappa shape index (κ3) is 4.60. The van der Waals surface area contributed by atoms with Gasteiger partial charge in [-0.15, -0.1) is 10.2 Å². The molecule has 0 saturated carbocycles. The average Bonchev–Trinajstić information content (AvgIpc) is 2.79. The minimum absolute atomic E-state index is 0.0134. The standard InChI is InChI=1S/C23H16BrN3OS/c24-19-14-8-7-13-18(19)20(28)15-29-23-25-21(16-9-3-1-4-10-16)22(26-27-23)17-11-5-2-6-12-17/h1-14H,15H2. The first-order valence-corrected chi connectivity index (χ1v) is 10.8. The van der Waals surface area contributed by atoms with Crippen LogP contribution >= 0.6 is 27.7 Å². The molecule has 0 atom stereocenters. The normalized spacial score (nSPS) is 10.7. The molecule has 142 valence electrons. The Morgan fingerprint density at radius 1 is 0.759 bits per heavy atom. The Labute approximate surface area is 181 Å². The molecule has 29 heavy (non-hydrogen) atoms. The Kier molecular flexibility index (Phi) is 6.12. The van der Waals surface area contributed by atoms with Crippen LogP contribution in [0.4, 0.5) is 0 Å². The van der Waals surface area contributed by atoms with Crippen LogP contribution in [0.3, 0.4) is 0 Å². The Hall–Kier alpha value is -2.83. The van der Waals surface area contributed by atoms with E-state index in [9.17, 15) is 4.79 Å². The van der Waals surface area contributed by atoms with Crippen molar-refractivity contribution < 1.29 is 4.79 Å². The summed E-state index contributed by atoms with van der Waals surface area (Å²) in [7, 11) is 0. The molecular weight excluding hydrogens is 446 g/mol. The summed E-state index contributed by atoms with van der Waals surface area (Å²) in [5.41, 5.74) is 4.03. The van der Waals surface area contributed by atoms with Gasteiger partial charge < -0.3 is 0 Å². The quantitative estimate of drug-likeness (QED) is 0.262. The molecular formula is C23H16BrN3OS. The predicted molar refractivity (Wildman–Crippen MR) is 120 cm³/mol. The molecule has 0 bridgehead atoms. The van der Waals surface area contributed by atoms with Gasteiger partial charge in [-0.2, -0.15) is 0 Å². The smallest absolute Gasteiger partial charge is 0.210 e. The summed E-state index contributed by atoms with van der Waals surface area (Å²) in [5, 5.41) is 9.18. The first-order chi connectivity index (χ1) is 14.2. The number of thioether (sulfide) groups is 1. The minimum Gasteiger partial charge on any atom is -0.293 e. The number of halogens is 1. The van der Waals surface area contributed by atoms with Crippen LogP contribution in [0.25, 0.3) is 22.5 Å². The number of hydrogen-bond acceptors (Lipinski definition) is 5. The van der Waals surface area contributed by atoms with Crippen molar-refractivity contribution in [3.63, 3.8) is 0 Å². The second kappa shape index (κ2) is 9.11. The molecule has 1 heterocycles. The number of carbonyl (C=O) groups excluding carboxylic acids is 1. The number of carbonyl (C=O) groups is 1. The molecule has 0 aliphatic carbocycles. The molecule has 0 fully saturated rings. The van der Waals surface area contributed by atoms with Crippen molar-refractivity contribution in [3.05, 3.63) is 95.0 Å². The summed E-state index contributed by atoms with van der Waals surface area (Å²) in [5.74, 6) is 0.253. The lowest BCUT2D eigenvalue weighted by atomic mass is 10.0. The molecule has 0 saturated heterocycles. The van der Waals surface area contributed by atoms with Crippen molar-refractivity contribution in [3.8, 4) is 22.5 Å². The van der Waals surface area contributed by atoms with Crippen LogP contribution in [0.1, 0.15) is 10.4 Å². The van der Waals surface area contributed by atoms with E-state index in [2.05, 4.69) is 26.1 Å². The van der Waals surface area contributed by atoms with Crippen molar-refractivity contribution >= 4 is 33.5 Å². The number of nitrogens with zero attached hydrogens (tertiary/aromatic N) is 3. The first kappa shape index (κ1) is 19.5. The van der Waals surface area contributed by atoms with E-state index < -0.39 is 0 Å². The van der Waals surface area contributed by atoms with E-state index in [1.54, 1.807) is 6.07 Å². The van der Waals surface area contributed by atoms with Crippen molar-refractivity contribution in [2.75, 3.05) is 5.75 Å². The van der Waals surface area contributed by atoms with Gasteiger partial charge in [-0.25, -0.2) is 4.98 Å². The minimum atomic E-state index is 0.0134. The third-order valence-electron chi connectivity index (χ3n) is 4.27. The van der Waals surface area contributed by atoms with Gasteiger partial charge in [-0.05, 0) is 6.07 Å². The molecule has 4 aromatic rings. The van der Waals surface area contributed by atoms with Crippen LogP contribution in [-0.2, 0) is 0 Å². The predicted octanol–water partition coefficient (Wildman–Crippen LogP) is 5.94. The van der Waals surface area contributed by atoms with Gasteiger partial charge in [0, 0.05) is 21.2 Å². The zero-order valence-electron chi connectivity index (χ0n) is 15.3. The SMILES string of the molecule is O=C(CSc1nnc(-c2ccccc2)c(-c2ccccc2)n1)c1ccccc1Br. The number of Topliss-reactive ketones (excluding diaryl/α,β-unsaturated/α-hetero) is 1. The topological polar surface area (TPSA) is 55.7 Å². The summed E-state index contributed by atoms with van der Waals surface area (Å²) in [6, 6.07) is 27.2. The lowest BCUT2D eigenvalue weighted by Gasteiger charge is -2.09. The van der Waals surface area contributed by atoms with E-state index in [-0.39, 0.29) is 11.5 Å². The van der Waals surface area contributed by atoms with Crippen molar-refractivity contribution in [1.82, 2.24) is 15.2 Å². The van der Waals surface area contributed by atoms with E-state index in [0.29, 0.717) is 10.7 Å². The van der Waals surface area contributed by atoms with E-state index in [4.69, 9.17) is 4.98 Å². The van der Waals surface area contributed by atoms with Crippen LogP contribution in [0.15, 0.2) is 94.6 Å². The fourth-order valence-corrected chi connectivity index (χ4v) is 4.03. The van der Waals surface area contributed by atoms with Crippen LogP contribution in [0.5, 0.6) is 0 Å². The van der Waals surface area contributed by atoms with Gasteiger partial charge in [-0.3, -0.25) is 4.79 Å². The highest BCUT2D eigenvalue weighted by Gasteiger charge is 2.15. The van der Waals surface area contributed by atoms with Gasteiger partial charge in [0.25, 0.3) is 0 Å². The molecule has 0 aliphatic heterocycles. The van der Waals surface area contributed by atoms with E-state index in [1.807, 2.05) is 78.9 Å². The van der Waals surface area contributed by atoms with Gasteiger partial charge in [0.1, 0.15) is 11.4 Å². The number of hydrogen-bond donors (Lipinski definition) is 0. The molecule has 4 rings (SSSR count). The second-order valence-electron chi connectivity index (χ2n) is 6.22. The number of ketones is 1. The monoisotopic (exact) mass is 461 g/mol. The van der Waals surface area contributed by atoms with Crippen molar-refractivity contribution in [2.24, 2.45) is 0 Å². The van der Waals surface area contributed by atoms with Gasteiger partial charge in [0.15, 0.2) is 5.78 Å². The van der Waals surface area contributed by atoms with Crippen LogP contribution in [0.2, 0.25) is 0 Å². The molecule has 0 spiro atoms. The third-order valence-corrected chi connectivity index (χ3v) is 5.80. The van der Waals surface area contributed by atoms with Gasteiger partial charge in [0.05, 0.1) is 5.75 Å². The summed E-state index contributed by atoms with van der Waals surface area (Å²) < 4.78 is 0.786.